The minimum Gasteiger partial charge on any atom is -0.496 e. The fourth-order valence-corrected chi connectivity index (χ4v) is 2.52. The van der Waals surface area contributed by atoms with Crippen LogP contribution in [0.1, 0.15) is 34.5 Å². The summed E-state index contributed by atoms with van der Waals surface area (Å²) in [6.45, 7) is 3.78. The predicted octanol–water partition coefficient (Wildman–Crippen LogP) is 3.41. The Morgan fingerprint density at radius 2 is 1.76 bits per heavy atom. The lowest BCUT2D eigenvalue weighted by molar-refractivity contribution is -0.385. The number of carbonyl (C=O) groups excluding carboxylic acids is 1. The molecule has 0 saturated heterocycles. The van der Waals surface area contributed by atoms with Gasteiger partial charge in [-0.3, -0.25) is 14.9 Å². The highest BCUT2D eigenvalue weighted by Crippen LogP contribution is 2.29. The number of methoxy groups -OCH3 is 2. The average molecular weight is 344 g/mol. The van der Waals surface area contributed by atoms with Crippen LogP contribution < -0.4 is 14.8 Å². The van der Waals surface area contributed by atoms with E-state index in [2.05, 4.69) is 5.32 Å². The van der Waals surface area contributed by atoms with Gasteiger partial charge in [-0.2, -0.15) is 0 Å². The molecule has 7 heteroatoms. The van der Waals surface area contributed by atoms with Gasteiger partial charge in [-0.25, -0.2) is 0 Å². The Hall–Kier alpha value is -3.09. The van der Waals surface area contributed by atoms with Gasteiger partial charge in [-0.15, -0.1) is 0 Å². The highest BCUT2D eigenvalue weighted by atomic mass is 16.6. The van der Waals surface area contributed by atoms with Crippen molar-refractivity contribution in [3.8, 4) is 11.5 Å². The Kier molecular flexibility index (Phi) is 5.59. The molecule has 1 amide bonds. The third-order valence-corrected chi connectivity index (χ3v) is 3.84. The molecule has 0 aliphatic heterocycles. The number of rotatable bonds is 6. The van der Waals surface area contributed by atoms with E-state index in [1.165, 1.54) is 25.3 Å². The summed E-state index contributed by atoms with van der Waals surface area (Å²) in [6, 6.07) is 9.46. The summed E-state index contributed by atoms with van der Waals surface area (Å²) in [5.41, 5.74) is 1.80. The van der Waals surface area contributed by atoms with E-state index in [1.54, 1.807) is 7.11 Å². The summed E-state index contributed by atoms with van der Waals surface area (Å²) in [5, 5.41) is 13.9. The maximum atomic E-state index is 12.5. The van der Waals surface area contributed by atoms with Crippen LogP contribution in [-0.2, 0) is 0 Å². The first-order chi connectivity index (χ1) is 11.9. The van der Waals surface area contributed by atoms with Crippen molar-refractivity contribution < 1.29 is 19.2 Å². The minimum absolute atomic E-state index is 0.106. The highest BCUT2D eigenvalue weighted by molar-refractivity contribution is 5.95. The summed E-state index contributed by atoms with van der Waals surface area (Å²) >= 11 is 0. The second kappa shape index (κ2) is 7.65. The molecule has 1 atom stereocenters. The Morgan fingerprint density at radius 1 is 1.12 bits per heavy atom. The van der Waals surface area contributed by atoms with Crippen LogP contribution in [0.4, 0.5) is 5.69 Å². The van der Waals surface area contributed by atoms with E-state index in [0.29, 0.717) is 5.75 Å². The number of benzene rings is 2. The van der Waals surface area contributed by atoms with E-state index in [9.17, 15) is 14.9 Å². The van der Waals surface area contributed by atoms with E-state index in [4.69, 9.17) is 9.47 Å². The van der Waals surface area contributed by atoms with E-state index in [0.717, 1.165) is 11.1 Å². The van der Waals surface area contributed by atoms with Gasteiger partial charge in [0.1, 0.15) is 5.75 Å². The molecule has 2 aromatic rings. The minimum atomic E-state index is -0.581. The third-order valence-electron chi connectivity index (χ3n) is 3.84. The van der Waals surface area contributed by atoms with Crippen molar-refractivity contribution in [2.24, 2.45) is 0 Å². The fraction of sp³-hybridized carbons (Fsp3) is 0.278. The monoisotopic (exact) mass is 344 g/mol. The molecule has 0 fully saturated rings. The number of aryl methyl sites for hydroxylation is 1. The van der Waals surface area contributed by atoms with Crippen LogP contribution in [0.2, 0.25) is 0 Å². The molecule has 0 heterocycles. The molecule has 2 rings (SSSR count). The van der Waals surface area contributed by atoms with Crippen molar-refractivity contribution in [1.29, 1.82) is 0 Å². The van der Waals surface area contributed by atoms with Gasteiger partial charge in [0.2, 0.25) is 0 Å². The van der Waals surface area contributed by atoms with Crippen molar-refractivity contribution in [1.82, 2.24) is 5.32 Å². The first-order valence-corrected chi connectivity index (χ1v) is 7.65. The topological polar surface area (TPSA) is 90.7 Å². The van der Waals surface area contributed by atoms with Gasteiger partial charge in [0.05, 0.1) is 25.2 Å². The largest absolute Gasteiger partial charge is 0.496 e. The standard InChI is InChI=1S/C18H20N2O5/c1-11-5-7-16(24-3)14(9-11)12(2)19-18(21)13-6-8-17(25-4)15(10-13)20(22)23/h5-10,12H,1-4H3,(H,19,21). The lowest BCUT2D eigenvalue weighted by atomic mass is 10.0. The van der Waals surface area contributed by atoms with Crippen LogP contribution in [0.5, 0.6) is 11.5 Å². The highest BCUT2D eigenvalue weighted by Gasteiger charge is 2.20. The van der Waals surface area contributed by atoms with Gasteiger partial charge in [-0.05, 0) is 32.0 Å². The first kappa shape index (κ1) is 18.3. The van der Waals surface area contributed by atoms with Crippen LogP contribution in [0.3, 0.4) is 0 Å². The smallest absolute Gasteiger partial charge is 0.311 e. The van der Waals surface area contributed by atoms with Gasteiger partial charge in [0.15, 0.2) is 5.75 Å². The molecular weight excluding hydrogens is 324 g/mol. The second-order valence-corrected chi connectivity index (χ2v) is 5.58. The van der Waals surface area contributed by atoms with E-state index in [-0.39, 0.29) is 23.0 Å². The normalized spacial score (nSPS) is 11.5. The molecule has 0 aliphatic rings. The van der Waals surface area contributed by atoms with E-state index >= 15 is 0 Å². The first-order valence-electron chi connectivity index (χ1n) is 7.65. The van der Waals surface area contributed by atoms with Crippen molar-refractivity contribution in [2.75, 3.05) is 14.2 Å². The molecule has 25 heavy (non-hydrogen) atoms. The number of amides is 1. The molecule has 132 valence electrons. The van der Waals surface area contributed by atoms with Crippen LogP contribution in [0.15, 0.2) is 36.4 Å². The van der Waals surface area contributed by atoms with Crippen molar-refractivity contribution in [3.05, 3.63) is 63.2 Å². The number of hydrogen-bond donors (Lipinski definition) is 1. The lowest BCUT2D eigenvalue weighted by Gasteiger charge is -2.18. The zero-order valence-corrected chi connectivity index (χ0v) is 14.5. The van der Waals surface area contributed by atoms with Crippen molar-refractivity contribution >= 4 is 11.6 Å². The SMILES string of the molecule is COc1ccc(C)cc1C(C)NC(=O)c1ccc(OC)c([N+](=O)[O-])c1. The van der Waals surface area contributed by atoms with Gasteiger partial charge < -0.3 is 14.8 Å². The maximum absolute atomic E-state index is 12.5. The number of nitrogens with one attached hydrogen (secondary N) is 1. The van der Waals surface area contributed by atoms with Crippen LogP contribution in [-0.4, -0.2) is 25.1 Å². The zero-order chi connectivity index (χ0) is 18.6. The summed E-state index contributed by atoms with van der Waals surface area (Å²) in [7, 11) is 2.91. The van der Waals surface area contributed by atoms with E-state index < -0.39 is 10.8 Å². The molecule has 0 spiro atoms. The van der Waals surface area contributed by atoms with Crippen LogP contribution in [0, 0.1) is 17.0 Å². The number of ether oxygens (including phenoxy) is 2. The third kappa shape index (κ3) is 4.06. The molecule has 0 saturated carbocycles. The van der Waals surface area contributed by atoms with Gasteiger partial charge in [0.25, 0.3) is 5.91 Å². The number of carbonyl (C=O) groups is 1. The molecule has 1 unspecified atom stereocenters. The molecule has 0 radical (unpaired) electrons. The fourth-order valence-electron chi connectivity index (χ4n) is 2.52. The number of nitro benzene ring substituents is 1. The van der Waals surface area contributed by atoms with Gasteiger partial charge in [-0.1, -0.05) is 17.7 Å². The zero-order valence-electron chi connectivity index (χ0n) is 14.5. The number of hydrogen-bond acceptors (Lipinski definition) is 5. The predicted molar refractivity (Wildman–Crippen MR) is 93.3 cm³/mol. The Labute approximate surface area is 145 Å². The lowest BCUT2D eigenvalue weighted by Crippen LogP contribution is -2.27. The van der Waals surface area contributed by atoms with Crippen LogP contribution in [0.25, 0.3) is 0 Å². The van der Waals surface area contributed by atoms with Gasteiger partial charge in [0, 0.05) is 17.2 Å². The number of nitro groups is 1. The number of nitrogens with zero attached hydrogens (tertiary/aromatic N) is 1. The molecule has 0 aliphatic carbocycles. The molecular formula is C18H20N2O5. The quantitative estimate of drug-likeness (QED) is 0.640. The molecule has 2 aromatic carbocycles. The molecule has 0 bridgehead atoms. The summed E-state index contributed by atoms with van der Waals surface area (Å²) < 4.78 is 10.3. The van der Waals surface area contributed by atoms with Crippen LogP contribution >= 0.6 is 0 Å². The molecule has 0 aromatic heterocycles. The average Bonchev–Trinajstić information content (AvgIpc) is 2.60. The maximum Gasteiger partial charge on any atom is 0.311 e. The van der Waals surface area contributed by atoms with E-state index in [1.807, 2.05) is 32.0 Å². The molecule has 1 N–H and O–H groups in total. The Morgan fingerprint density at radius 3 is 2.36 bits per heavy atom. The summed E-state index contributed by atoms with van der Waals surface area (Å²) in [5.74, 6) is 0.357. The summed E-state index contributed by atoms with van der Waals surface area (Å²) in [6.07, 6.45) is 0. The molecule has 7 nitrogen and oxygen atoms in total. The van der Waals surface area contributed by atoms with Crippen molar-refractivity contribution in [3.63, 3.8) is 0 Å². The Bertz CT molecular complexity index is 804. The van der Waals surface area contributed by atoms with Crippen molar-refractivity contribution in [2.45, 2.75) is 19.9 Å². The van der Waals surface area contributed by atoms with Gasteiger partial charge >= 0.3 is 5.69 Å². The summed E-state index contributed by atoms with van der Waals surface area (Å²) in [4.78, 5) is 23.0. The second-order valence-electron chi connectivity index (χ2n) is 5.58. The Balaban J connectivity index is 2.26.